The Kier molecular flexibility index (Phi) is 7.33. The molecule has 2 aromatic carbocycles. The van der Waals surface area contributed by atoms with Crippen molar-refractivity contribution >= 4 is 0 Å². The number of rotatable bonds is 5. The summed E-state index contributed by atoms with van der Waals surface area (Å²) >= 11 is 0. The van der Waals surface area contributed by atoms with Crippen LogP contribution in [0.3, 0.4) is 0 Å². The van der Waals surface area contributed by atoms with Crippen molar-refractivity contribution in [3.63, 3.8) is 0 Å². The van der Waals surface area contributed by atoms with Gasteiger partial charge >= 0.3 is 6.18 Å². The van der Waals surface area contributed by atoms with Crippen LogP contribution in [0.1, 0.15) is 55.6 Å². The molecule has 0 aliphatic heterocycles. The van der Waals surface area contributed by atoms with Crippen molar-refractivity contribution < 1.29 is 30.7 Å². The summed E-state index contributed by atoms with van der Waals surface area (Å²) < 4.78 is 94.5. The molecular formula is C25H21F7. The normalized spacial score (nSPS) is 18.7. The average Bonchev–Trinajstić information content (AvgIpc) is 2.70. The van der Waals surface area contributed by atoms with Gasteiger partial charge in [0.2, 0.25) is 0 Å². The van der Waals surface area contributed by atoms with Gasteiger partial charge in [-0.15, -0.1) is 6.58 Å². The lowest BCUT2D eigenvalue weighted by molar-refractivity contribution is -0.0696. The molecule has 1 aliphatic rings. The van der Waals surface area contributed by atoms with E-state index in [-0.39, 0.29) is 5.92 Å². The smallest absolute Gasteiger partial charge is 0.206 e. The van der Waals surface area contributed by atoms with Gasteiger partial charge in [0.25, 0.3) is 0 Å². The molecule has 0 unspecified atom stereocenters. The van der Waals surface area contributed by atoms with Crippen molar-refractivity contribution in [1.29, 1.82) is 0 Å². The largest absolute Gasteiger partial charge is 0.458 e. The van der Waals surface area contributed by atoms with Crippen molar-refractivity contribution in [2.75, 3.05) is 0 Å². The molecule has 0 heterocycles. The molecule has 0 bridgehead atoms. The summed E-state index contributed by atoms with van der Waals surface area (Å²) in [7, 11) is 0. The van der Waals surface area contributed by atoms with Crippen LogP contribution in [-0.4, -0.2) is 6.18 Å². The summed E-state index contributed by atoms with van der Waals surface area (Å²) in [6.07, 6.45) is 2.37. The molecule has 170 valence electrons. The van der Waals surface area contributed by atoms with Crippen molar-refractivity contribution in [3.8, 4) is 23.0 Å². The molecule has 0 aromatic heterocycles. The van der Waals surface area contributed by atoms with Gasteiger partial charge < -0.3 is 0 Å². The van der Waals surface area contributed by atoms with Crippen LogP contribution in [0.4, 0.5) is 30.7 Å². The minimum Gasteiger partial charge on any atom is -0.206 e. The molecule has 0 radical (unpaired) electrons. The molecule has 1 fully saturated rings. The minimum absolute atomic E-state index is 0.0125. The fraction of sp³-hybridized carbons (Fsp3) is 0.360. The molecule has 32 heavy (non-hydrogen) atoms. The molecular weight excluding hydrogens is 433 g/mol. The quantitative estimate of drug-likeness (QED) is 0.244. The molecule has 0 nitrogen and oxygen atoms in total. The first-order valence-corrected chi connectivity index (χ1v) is 10.3. The van der Waals surface area contributed by atoms with Crippen LogP contribution in [0, 0.1) is 41.0 Å². The van der Waals surface area contributed by atoms with E-state index in [0.717, 1.165) is 44.4 Å². The number of hydrogen-bond acceptors (Lipinski definition) is 0. The number of hydrogen-bond donors (Lipinski definition) is 0. The highest BCUT2D eigenvalue weighted by Crippen LogP contribution is 2.39. The number of allylic oxidation sites excluding steroid dienone is 1. The van der Waals surface area contributed by atoms with E-state index in [4.69, 9.17) is 0 Å². The minimum atomic E-state index is -4.93. The highest BCUT2D eigenvalue weighted by atomic mass is 19.4. The summed E-state index contributed by atoms with van der Waals surface area (Å²) in [6.45, 7) is 3.71. The Morgan fingerprint density at radius 2 is 1.44 bits per heavy atom. The Labute approximate surface area is 182 Å². The van der Waals surface area contributed by atoms with Gasteiger partial charge in [0.1, 0.15) is 23.3 Å². The van der Waals surface area contributed by atoms with Crippen molar-refractivity contribution in [2.24, 2.45) is 5.92 Å². The van der Waals surface area contributed by atoms with E-state index in [0.29, 0.717) is 23.6 Å². The molecule has 0 N–H and O–H groups in total. The SMILES string of the molecule is C=CCCC1CCC(c2cc(F)c(-c3cc(F)c(C#CC(F)(F)F)c(F)c3)c(F)c2)CC1. The van der Waals surface area contributed by atoms with Crippen LogP contribution < -0.4 is 0 Å². The van der Waals surface area contributed by atoms with Crippen LogP contribution in [-0.2, 0) is 0 Å². The Hall–Kier alpha value is -2.75. The van der Waals surface area contributed by atoms with E-state index in [9.17, 15) is 30.7 Å². The van der Waals surface area contributed by atoms with E-state index in [1.807, 2.05) is 6.08 Å². The lowest BCUT2D eigenvalue weighted by Gasteiger charge is -2.29. The third kappa shape index (κ3) is 5.73. The first kappa shape index (κ1) is 23.9. The zero-order valence-electron chi connectivity index (χ0n) is 17.1. The maximum absolute atomic E-state index is 14.8. The fourth-order valence-electron chi connectivity index (χ4n) is 4.21. The topological polar surface area (TPSA) is 0 Å². The Balaban J connectivity index is 1.86. The first-order chi connectivity index (χ1) is 15.1. The van der Waals surface area contributed by atoms with Gasteiger partial charge in [0.05, 0.1) is 11.1 Å². The number of halogens is 7. The maximum atomic E-state index is 14.8. The zero-order chi connectivity index (χ0) is 23.5. The molecule has 1 saturated carbocycles. The highest BCUT2D eigenvalue weighted by molar-refractivity contribution is 5.67. The van der Waals surface area contributed by atoms with Crippen LogP contribution in [0.25, 0.3) is 11.1 Å². The first-order valence-electron chi connectivity index (χ1n) is 10.3. The maximum Gasteiger partial charge on any atom is 0.458 e. The van der Waals surface area contributed by atoms with E-state index in [1.165, 1.54) is 18.1 Å². The monoisotopic (exact) mass is 454 g/mol. The third-order valence-corrected chi connectivity index (χ3v) is 5.82. The molecule has 0 spiro atoms. The van der Waals surface area contributed by atoms with Gasteiger partial charge in [0.15, 0.2) is 0 Å². The molecule has 1 aliphatic carbocycles. The van der Waals surface area contributed by atoms with Gasteiger partial charge in [-0.2, -0.15) is 13.2 Å². The van der Waals surface area contributed by atoms with E-state index in [1.54, 1.807) is 0 Å². The Morgan fingerprint density at radius 3 is 1.94 bits per heavy atom. The summed E-state index contributed by atoms with van der Waals surface area (Å²) in [5.74, 6) is -2.13. The second-order valence-corrected chi connectivity index (χ2v) is 8.01. The Morgan fingerprint density at radius 1 is 0.875 bits per heavy atom. The zero-order valence-corrected chi connectivity index (χ0v) is 17.1. The van der Waals surface area contributed by atoms with Gasteiger partial charge in [-0.3, -0.25) is 0 Å². The van der Waals surface area contributed by atoms with Crippen molar-refractivity contribution in [1.82, 2.24) is 0 Å². The van der Waals surface area contributed by atoms with Crippen LogP contribution in [0.2, 0.25) is 0 Å². The number of benzene rings is 2. The van der Waals surface area contributed by atoms with Gasteiger partial charge in [0, 0.05) is 5.92 Å². The van der Waals surface area contributed by atoms with Crippen molar-refractivity contribution in [3.05, 3.63) is 71.3 Å². The standard InChI is InChI=1S/C25H21F7/c1-2-3-4-15-5-7-16(8-6-15)17-11-22(28)24(23(29)12-17)18-13-20(26)19(21(27)14-18)9-10-25(30,31)32/h2,11-16H,1,3-8H2. The van der Waals surface area contributed by atoms with Crippen LogP contribution >= 0.6 is 0 Å². The van der Waals surface area contributed by atoms with Crippen molar-refractivity contribution in [2.45, 2.75) is 50.6 Å². The molecule has 0 atom stereocenters. The molecule has 0 amide bonds. The van der Waals surface area contributed by atoms with E-state index >= 15 is 0 Å². The van der Waals surface area contributed by atoms with Gasteiger partial charge in [-0.25, -0.2) is 17.6 Å². The Bertz CT molecular complexity index is 1000. The lowest BCUT2D eigenvalue weighted by Crippen LogP contribution is -2.14. The summed E-state index contributed by atoms with van der Waals surface area (Å²) in [5.41, 5.74) is -1.72. The predicted octanol–water partition coefficient (Wildman–Crippen LogP) is 8.06. The summed E-state index contributed by atoms with van der Waals surface area (Å²) in [4.78, 5) is 0. The third-order valence-electron chi connectivity index (χ3n) is 5.82. The fourth-order valence-corrected chi connectivity index (χ4v) is 4.21. The van der Waals surface area contributed by atoms with Crippen LogP contribution in [0.15, 0.2) is 36.9 Å². The second kappa shape index (κ2) is 9.81. The molecule has 0 saturated heterocycles. The molecule has 2 aromatic rings. The second-order valence-electron chi connectivity index (χ2n) is 8.01. The average molecular weight is 454 g/mol. The summed E-state index contributed by atoms with van der Waals surface area (Å²) in [6, 6.07) is 3.49. The van der Waals surface area contributed by atoms with Gasteiger partial charge in [-0.05, 0) is 85.8 Å². The molecule has 7 heteroatoms. The predicted molar refractivity (Wildman–Crippen MR) is 109 cm³/mol. The van der Waals surface area contributed by atoms with Gasteiger partial charge in [-0.1, -0.05) is 12.0 Å². The lowest BCUT2D eigenvalue weighted by atomic mass is 9.77. The highest BCUT2D eigenvalue weighted by Gasteiger charge is 2.26. The van der Waals surface area contributed by atoms with Crippen LogP contribution in [0.5, 0.6) is 0 Å². The number of alkyl halides is 3. The van der Waals surface area contributed by atoms with E-state index in [2.05, 4.69) is 6.58 Å². The van der Waals surface area contributed by atoms with E-state index < -0.39 is 46.1 Å². The molecule has 3 rings (SSSR count). The summed E-state index contributed by atoms with van der Waals surface area (Å²) in [5, 5.41) is 0.